The minimum absolute atomic E-state index is 0.605. The van der Waals surface area contributed by atoms with Crippen LogP contribution in [0.25, 0.3) is 32.3 Å². The fraction of sp³-hybridized carbons (Fsp3) is 0. The second kappa shape index (κ2) is 7.37. The number of ether oxygens (including phenoxy) is 2. The average molecular weight is 546 g/mol. The van der Waals surface area contributed by atoms with Gasteiger partial charge in [-0.1, -0.05) is 72.8 Å². The van der Waals surface area contributed by atoms with Gasteiger partial charge >= 0.3 is 0 Å². The topological polar surface area (TPSA) is 38.8 Å². The van der Waals surface area contributed by atoms with Crippen molar-refractivity contribution >= 4 is 72.4 Å². The highest BCUT2D eigenvalue weighted by Gasteiger charge is 2.52. The SMILES string of the molecule is O=P12c3c4cccc3Oc3cccc(c31)N(c1ccc3c5ccccc5c5ccccc5c3c1)c1cccc(c12)O4. The Bertz CT molecular complexity index is 2260. The maximum absolute atomic E-state index is 15.5. The predicted molar refractivity (Wildman–Crippen MR) is 167 cm³/mol. The molecule has 192 valence electrons. The van der Waals surface area contributed by atoms with Crippen LogP contribution in [0.1, 0.15) is 0 Å². The lowest BCUT2D eigenvalue weighted by atomic mass is 9.94. The van der Waals surface area contributed by atoms with Gasteiger partial charge in [0, 0.05) is 5.69 Å². The smallest absolute Gasteiger partial charge is 0.189 e. The van der Waals surface area contributed by atoms with Crippen LogP contribution in [-0.4, -0.2) is 0 Å². The van der Waals surface area contributed by atoms with Gasteiger partial charge in [-0.25, -0.2) is 0 Å². The minimum Gasteiger partial charge on any atom is -0.456 e. The summed E-state index contributed by atoms with van der Waals surface area (Å²) >= 11 is 0. The summed E-state index contributed by atoms with van der Waals surface area (Å²) in [4.78, 5) is 2.23. The van der Waals surface area contributed by atoms with Gasteiger partial charge in [0.1, 0.15) is 28.3 Å². The zero-order valence-electron chi connectivity index (χ0n) is 21.7. The molecule has 7 aromatic rings. The molecule has 3 heterocycles. The van der Waals surface area contributed by atoms with E-state index in [4.69, 9.17) is 9.47 Å². The van der Waals surface area contributed by atoms with Gasteiger partial charge in [-0.2, -0.15) is 0 Å². The van der Waals surface area contributed by atoms with E-state index in [2.05, 4.69) is 83.8 Å². The van der Waals surface area contributed by atoms with Gasteiger partial charge < -0.3 is 18.9 Å². The molecule has 0 saturated heterocycles. The zero-order valence-corrected chi connectivity index (χ0v) is 22.6. The first kappa shape index (κ1) is 21.7. The molecule has 3 aliphatic heterocycles. The lowest BCUT2D eigenvalue weighted by molar-refractivity contribution is 0.461. The number of benzene rings is 7. The molecule has 5 heteroatoms. The number of nitrogens with zero attached hydrogens (tertiary/aromatic N) is 1. The maximum Gasteiger partial charge on any atom is 0.189 e. The van der Waals surface area contributed by atoms with Crippen molar-refractivity contribution in [1.29, 1.82) is 0 Å². The van der Waals surface area contributed by atoms with Crippen molar-refractivity contribution in [3.05, 3.63) is 121 Å². The molecule has 4 nitrogen and oxygen atoms in total. The zero-order chi connectivity index (χ0) is 26.9. The van der Waals surface area contributed by atoms with Crippen LogP contribution in [0.15, 0.2) is 121 Å². The molecule has 10 rings (SSSR count). The summed E-state index contributed by atoms with van der Waals surface area (Å²) in [5.74, 6) is 2.49. The first-order valence-corrected chi connectivity index (χ1v) is 15.4. The molecule has 3 aliphatic rings. The van der Waals surface area contributed by atoms with Crippen LogP contribution in [0.2, 0.25) is 0 Å². The third kappa shape index (κ3) is 2.55. The van der Waals surface area contributed by atoms with E-state index in [0.29, 0.717) is 28.3 Å². The summed E-state index contributed by atoms with van der Waals surface area (Å²) in [6, 6.07) is 41.5. The van der Waals surface area contributed by atoms with Crippen molar-refractivity contribution in [3.63, 3.8) is 0 Å². The lowest BCUT2D eigenvalue weighted by Crippen LogP contribution is -2.42. The normalized spacial score (nSPS) is 15.0. The van der Waals surface area contributed by atoms with Crippen LogP contribution < -0.4 is 30.3 Å². The maximum atomic E-state index is 15.5. The summed E-state index contributed by atoms with van der Waals surface area (Å²) in [6.45, 7) is 0. The van der Waals surface area contributed by atoms with Crippen molar-refractivity contribution in [2.45, 2.75) is 0 Å². The first-order chi connectivity index (χ1) is 20.2. The highest BCUT2D eigenvalue weighted by molar-refractivity contribution is 7.87. The van der Waals surface area contributed by atoms with E-state index in [1.165, 1.54) is 32.3 Å². The molecule has 0 bridgehead atoms. The molecule has 41 heavy (non-hydrogen) atoms. The number of hydrogen-bond acceptors (Lipinski definition) is 4. The van der Waals surface area contributed by atoms with Crippen LogP contribution in [0, 0.1) is 0 Å². The molecule has 0 spiro atoms. The average Bonchev–Trinajstić information content (AvgIpc) is 3.01. The highest BCUT2D eigenvalue weighted by Crippen LogP contribution is 2.64. The molecule has 0 radical (unpaired) electrons. The Morgan fingerprint density at radius 2 is 0.878 bits per heavy atom. The van der Waals surface area contributed by atoms with E-state index in [1.807, 2.05) is 42.5 Å². The van der Waals surface area contributed by atoms with Gasteiger partial charge in [0.15, 0.2) is 7.14 Å². The summed E-state index contributed by atoms with van der Waals surface area (Å²) in [5.41, 5.74) is 2.75. The van der Waals surface area contributed by atoms with E-state index >= 15 is 4.57 Å². The van der Waals surface area contributed by atoms with E-state index in [0.717, 1.165) is 27.7 Å². The number of fused-ring (bicyclic) bond motifs is 6. The van der Waals surface area contributed by atoms with Crippen molar-refractivity contribution in [2.75, 3.05) is 4.90 Å². The Balaban J connectivity index is 1.32. The van der Waals surface area contributed by atoms with Crippen LogP contribution in [0.5, 0.6) is 23.0 Å². The quantitative estimate of drug-likeness (QED) is 0.153. The second-order valence-electron chi connectivity index (χ2n) is 10.8. The summed E-state index contributed by atoms with van der Waals surface area (Å²) in [6.07, 6.45) is 0. The number of rotatable bonds is 1. The Kier molecular flexibility index (Phi) is 3.90. The molecule has 7 aromatic carbocycles. The Labute approximate surface area is 235 Å². The fourth-order valence-electron chi connectivity index (χ4n) is 7.17. The minimum atomic E-state index is -3.25. The highest BCUT2D eigenvalue weighted by atomic mass is 31.2. The molecule has 0 N–H and O–H groups in total. The Hall–Kier alpha value is -5.05. The Morgan fingerprint density at radius 1 is 0.439 bits per heavy atom. The van der Waals surface area contributed by atoms with Gasteiger partial charge in [-0.3, -0.25) is 0 Å². The first-order valence-electron chi connectivity index (χ1n) is 13.7. The van der Waals surface area contributed by atoms with E-state index in [9.17, 15) is 0 Å². The van der Waals surface area contributed by atoms with Crippen LogP contribution in [0.4, 0.5) is 17.1 Å². The van der Waals surface area contributed by atoms with E-state index < -0.39 is 7.14 Å². The van der Waals surface area contributed by atoms with Crippen molar-refractivity contribution in [2.24, 2.45) is 0 Å². The van der Waals surface area contributed by atoms with Crippen molar-refractivity contribution < 1.29 is 14.0 Å². The largest absolute Gasteiger partial charge is 0.456 e. The monoisotopic (exact) mass is 545 g/mol. The molecule has 0 atom stereocenters. The van der Waals surface area contributed by atoms with Crippen molar-refractivity contribution in [1.82, 2.24) is 0 Å². The molecular formula is C36H20NO3P. The molecule has 0 aromatic heterocycles. The number of anilines is 3. The van der Waals surface area contributed by atoms with Gasteiger partial charge in [0.05, 0.1) is 22.0 Å². The fourth-order valence-corrected chi connectivity index (χ4v) is 10.6. The molecular weight excluding hydrogens is 525 g/mol. The third-order valence-corrected chi connectivity index (χ3v) is 12.0. The molecule has 0 amide bonds. The summed E-state index contributed by atoms with van der Waals surface area (Å²) in [5, 5.41) is 9.46. The molecule has 0 saturated carbocycles. The standard InChI is InChI=1S/C36H20NO3P/c38-41-34-28-12-5-14-30(34)39-32-16-7-17-33(36(32)41)40-31-15-6-13-29(35(31)41)37(28)21-18-19-26-24-10-2-1-8-22(24)23-9-3-4-11-25(23)27(26)20-21/h1-20H. The van der Waals surface area contributed by atoms with E-state index in [1.54, 1.807) is 0 Å². The molecule has 0 unspecified atom stereocenters. The summed E-state index contributed by atoms with van der Waals surface area (Å²) < 4.78 is 28.3. The van der Waals surface area contributed by atoms with Crippen LogP contribution >= 0.6 is 7.14 Å². The van der Waals surface area contributed by atoms with Crippen LogP contribution in [0.3, 0.4) is 0 Å². The van der Waals surface area contributed by atoms with Gasteiger partial charge in [-0.15, -0.1) is 0 Å². The van der Waals surface area contributed by atoms with Crippen LogP contribution in [-0.2, 0) is 4.57 Å². The third-order valence-electron chi connectivity index (χ3n) is 8.77. The summed E-state index contributed by atoms with van der Waals surface area (Å²) in [7, 11) is -3.25. The lowest BCUT2D eigenvalue weighted by Gasteiger charge is -2.43. The molecule has 0 fully saturated rings. The van der Waals surface area contributed by atoms with Gasteiger partial charge in [0.25, 0.3) is 0 Å². The second-order valence-corrected chi connectivity index (χ2v) is 13.4. The van der Waals surface area contributed by atoms with Gasteiger partial charge in [0.2, 0.25) is 0 Å². The molecule has 0 aliphatic carbocycles. The Morgan fingerprint density at radius 3 is 1.41 bits per heavy atom. The van der Waals surface area contributed by atoms with E-state index in [-0.39, 0.29) is 0 Å². The predicted octanol–water partition coefficient (Wildman–Crippen LogP) is 8.78. The van der Waals surface area contributed by atoms with Gasteiger partial charge in [-0.05, 0) is 80.8 Å². The van der Waals surface area contributed by atoms with Crippen molar-refractivity contribution in [3.8, 4) is 23.0 Å². The number of hydrogen-bond donors (Lipinski definition) is 0.